The zero-order valence-electron chi connectivity index (χ0n) is 14.6. The number of hydrogen-bond donors (Lipinski definition) is 1. The lowest BCUT2D eigenvalue weighted by Gasteiger charge is -2.09. The molecule has 6 heteroatoms. The molecule has 1 amide bonds. The van der Waals surface area contributed by atoms with Gasteiger partial charge in [-0.3, -0.25) is 9.59 Å². The molecule has 0 spiro atoms. The van der Waals surface area contributed by atoms with Crippen molar-refractivity contribution in [3.05, 3.63) is 51.4 Å². The topological polar surface area (TPSA) is 79.2 Å². The molecule has 1 heterocycles. The highest BCUT2D eigenvalue weighted by Gasteiger charge is 2.22. The molecule has 2 aromatic rings. The fourth-order valence-electron chi connectivity index (χ4n) is 3.00. The highest BCUT2D eigenvalue weighted by molar-refractivity contribution is 7.16. The van der Waals surface area contributed by atoms with Gasteiger partial charge in [0, 0.05) is 4.88 Å². The van der Waals surface area contributed by atoms with Gasteiger partial charge in [0.2, 0.25) is 0 Å². The maximum Gasteiger partial charge on any atom is 0.310 e. The van der Waals surface area contributed by atoms with Crippen molar-refractivity contribution in [3.63, 3.8) is 0 Å². The van der Waals surface area contributed by atoms with Crippen LogP contribution in [0.3, 0.4) is 0 Å². The molecular weight excluding hydrogens is 348 g/mol. The van der Waals surface area contributed by atoms with Crippen LogP contribution in [0.25, 0.3) is 0 Å². The number of aryl methyl sites for hydroxylation is 2. The lowest BCUT2D eigenvalue weighted by Crippen LogP contribution is -2.21. The zero-order chi connectivity index (χ0) is 18.5. The minimum absolute atomic E-state index is 0.129. The van der Waals surface area contributed by atoms with Crippen molar-refractivity contribution in [2.24, 2.45) is 0 Å². The summed E-state index contributed by atoms with van der Waals surface area (Å²) >= 11 is 1.46. The molecule has 1 aliphatic rings. The summed E-state index contributed by atoms with van der Waals surface area (Å²) in [6, 6.07) is 9.79. The van der Waals surface area contributed by atoms with Crippen LogP contribution in [0.15, 0.2) is 24.3 Å². The van der Waals surface area contributed by atoms with Gasteiger partial charge in [-0.25, -0.2) is 0 Å². The van der Waals surface area contributed by atoms with E-state index in [0.717, 1.165) is 42.4 Å². The van der Waals surface area contributed by atoms with E-state index in [9.17, 15) is 14.9 Å². The summed E-state index contributed by atoms with van der Waals surface area (Å²) in [4.78, 5) is 25.2. The second-order valence-corrected chi connectivity index (χ2v) is 7.50. The number of fused-ring (bicyclic) bond motifs is 1. The molecule has 0 saturated heterocycles. The molecule has 5 nitrogen and oxygen atoms in total. The van der Waals surface area contributed by atoms with Crippen LogP contribution in [-0.4, -0.2) is 18.5 Å². The van der Waals surface area contributed by atoms with Crippen molar-refractivity contribution in [1.82, 2.24) is 0 Å². The van der Waals surface area contributed by atoms with Crippen molar-refractivity contribution >= 4 is 28.2 Å². The number of nitrogens with one attached hydrogen (secondary N) is 1. The number of hydrogen-bond acceptors (Lipinski definition) is 5. The lowest BCUT2D eigenvalue weighted by molar-refractivity contribution is -0.146. The zero-order valence-corrected chi connectivity index (χ0v) is 15.4. The summed E-state index contributed by atoms with van der Waals surface area (Å²) in [6.45, 7) is 1.63. The van der Waals surface area contributed by atoms with E-state index in [0.29, 0.717) is 10.6 Å². The third-order valence-corrected chi connectivity index (χ3v) is 5.58. The molecular formula is C20H20N2O3S. The number of anilines is 1. The van der Waals surface area contributed by atoms with Gasteiger partial charge < -0.3 is 10.1 Å². The Morgan fingerprint density at radius 2 is 1.96 bits per heavy atom. The summed E-state index contributed by atoms with van der Waals surface area (Å²) in [6.07, 6.45) is 4.15. The first-order valence-corrected chi connectivity index (χ1v) is 9.44. The Kier molecular flexibility index (Phi) is 5.69. The van der Waals surface area contributed by atoms with E-state index < -0.39 is 11.9 Å². The van der Waals surface area contributed by atoms with E-state index in [1.807, 2.05) is 31.2 Å². The standard InChI is InChI=1S/C20H20N2O3S/c1-13-6-8-14(9-7-13)10-19(24)25-12-18(23)22-20-16(11-21)15-4-2-3-5-17(15)26-20/h6-9H,2-5,10,12H2,1H3,(H,22,23). The smallest absolute Gasteiger partial charge is 0.310 e. The molecule has 0 aliphatic heterocycles. The van der Waals surface area contributed by atoms with Crippen LogP contribution in [0.1, 0.15) is 40.0 Å². The molecule has 0 saturated carbocycles. The number of nitrogens with zero attached hydrogens (tertiary/aromatic N) is 1. The van der Waals surface area contributed by atoms with Crippen LogP contribution in [-0.2, 0) is 33.6 Å². The van der Waals surface area contributed by atoms with Crippen LogP contribution in [0.2, 0.25) is 0 Å². The third kappa shape index (κ3) is 4.30. The lowest BCUT2D eigenvalue weighted by atomic mass is 9.96. The molecule has 1 aromatic carbocycles. The van der Waals surface area contributed by atoms with Gasteiger partial charge in [-0.05, 0) is 43.7 Å². The van der Waals surface area contributed by atoms with Gasteiger partial charge in [-0.1, -0.05) is 29.8 Å². The number of carbonyl (C=O) groups excluding carboxylic acids is 2. The molecule has 26 heavy (non-hydrogen) atoms. The van der Waals surface area contributed by atoms with Gasteiger partial charge in [0.05, 0.1) is 12.0 Å². The fourth-order valence-corrected chi connectivity index (χ4v) is 4.26. The molecule has 0 atom stereocenters. The first-order valence-electron chi connectivity index (χ1n) is 8.62. The molecule has 1 aromatic heterocycles. The van der Waals surface area contributed by atoms with Gasteiger partial charge in [0.25, 0.3) is 5.91 Å². The Labute approximate surface area is 156 Å². The van der Waals surface area contributed by atoms with Gasteiger partial charge >= 0.3 is 5.97 Å². The fraction of sp³-hybridized carbons (Fsp3) is 0.350. The highest BCUT2D eigenvalue weighted by atomic mass is 32.1. The predicted octanol–water partition coefficient (Wildman–Crippen LogP) is 3.53. The van der Waals surface area contributed by atoms with Crippen LogP contribution in [0.5, 0.6) is 0 Å². The van der Waals surface area contributed by atoms with E-state index in [4.69, 9.17) is 4.74 Å². The van der Waals surface area contributed by atoms with Crippen molar-refractivity contribution in [3.8, 4) is 6.07 Å². The molecule has 0 bridgehead atoms. The number of carbonyl (C=O) groups is 2. The van der Waals surface area contributed by atoms with Crippen LogP contribution in [0.4, 0.5) is 5.00 Å². The van der Waals surface area contributed by atoms with Crippen molar-refractivity contribution in [2.45, 2.75) is 39.0 Å². The maximum atomic E-state index is 12.1. The number of rotatable bonds is 5. The summed E-state index contributed by atoms with van der Waals surface area (Å²) in [7, 11) is 0. The average molecular weight is 368 g/mol. The number of nitriles is 1. The molecule has 0 radical (unpaired) electrons. The number of amides is 1. The summed E-state index contributed by atoms with van der Waals surface area (Å²) < 4.78 is 5.06. The number of ether oxygens (including phenoxy) is 1. The Balaban J connectivity index is 1.54. The van der Waals surface area contributed by atoms with E-state index in [-0.39, 0.29) is 13.0 Å². The molecule has 3 rings (SSSR count). The second kappa shape index (κ2) is 8.15. The third-order valence-electron chi connectivity index (χ3n) is 4.37. The number of thiophene rings is 1. The van der Waals surface area contributed by atoms with E-state index in [1.165, 1.54) is 16.2 Å². The Hall–Kier alpha value is -2.65. The molecule has 134 valence electrons. The monoisotopic (exact) mass is 368 g/mol. The highest BCUT2D eigenvalue weighted by Crippen LogP contribution is 2.37. The number of benzene rings is 1. The minimum atomic E-state index is -0.449. The number of esters is 1. The minimum Gasteiger partial charge on any atom is -0.455 e. The molecule has 1 N–H and O–H groups in total. The van der Waals surface area contributed by atoms with E-state index in [2.05, 4.69) is 11.4 Å². The maximum absolute atomic E-state index is 12.1. The first-order chi connectivity index (χ1) is 12.6. The SMILES string of the molecule is Cc1ccc(CC(=O)OCC(=O)Nc2sc3c(c2C#N)CCCC3)cc1. The average Bonchev–Trinajstić information content (AvgIpc) is 2.99. The largest absolute Gasteiger partial charge is 0.455 e. The molecule has 1 aliphatic carbocycles. The van der Waals surface area contributed by atoms with Crippen molar-refractivity contribution < 1.29 is 14.3 Å². The summed E-state index contributed by atoms with van der Waals surface area (Å²) in [5.41, 5.74) is 3.59. The Morgan fingerprint density at radius 1 is 1.23 bits per heavy atom. The second-order valence-electron chi connectivity index (χ2n) is 6.40. The summed E-state index contributed by atoms with van der Waals surface area (Å²) in [5.74, 6) is -0.868. The van der Waals surface area contributed by atoms with Gasteiger partial charge in [0.1, 0.15) is 11.1 Å². The first kappa shape index (κ1) is 18.2. The van der Waals surface area contributed by atoms with Crippen molar-refractivity contribution in [2.75, 3.05) is 11.9 Å². The summed E-state index contributed by atoms with van der Waals surface area (Å²) in [5, 5.41) is 12.7. The normalized spacial score (nSPS) is 12.8. The molecule has 0 fully saturated rings. The van der Waals surface area contributed by atoms with Crippen molar-refractivity contribution in [1.29, 1.82) is 5.26 Å². The van der Waals surface area contributed by atoms with Gasteiger partial charge in [-0.2, -0.15) is 5.26 Å². The van der Waals surface area contributed by atoms with E-state index >= 15 is 0 Å². The van der Waals surface area contributed by atoms with Crippen LogP contribution >= 0.6 is 11.3 Å². The molecule has 0 unspecified atom stereocenters. The van der Waals surface area contributed by atoms with Crippen LogP contribution in [0, 0.1) is 18.3 Å². The Morgan fingerprint density at radius 3 is 2.69 bits per heavy atom. The van der Waals surface area contributed by atoms with Gasteiger partial charge in [-0.15, -0.1) is 11.3 Å². The van der Waals surface area contributed by atoms with E-state index in [1.54, 1.807) is 0 Å². The van der Waals surface area contributed by atoms with Crippen LogP contribution < -0.4 is 5.32 Å². The van der Waals surface area contributed by atoms with Gasteiger partial charge in [0.15, 0.2) is 6.61 Å². The Bertz CT molecular complexity index is 862. The predicted molar refractivity (Wildman–Crippen MR) is 100 cm³/mol. The quantitative estimate of drug-likeness (QED) is 0.819.